The average molecular weight is 375 g/mol. The summed E-state index contributed by atoms with van der Waals surface area (Å²) in [6.07, 6.45) is 8.73. The molecule has 5 heteroatoms. The van der Waals surface area contributed by atoms with Crippen molar-refractivity contribution in [3.8, 4) is 0 Å². The fourth-order valence-electron chi connectivity index (χ4n) is 3.98. The zero-order chi connectivity index (χ0) is 18.1. The molecule has 0 heterocycles. The second-order valence-electron chi connectivity index (χ2n) is 6.95. The summed E-state index contributed by atoms with van der Waals surface area (Å²) in [6, 6.07) is 8.64. The van der Waals surface area contributed by atoms with Crippen LogP contribution in [0.2, 0.25) is 0 Å². The van der Waals surface area contributed by atoms with E-state index in [2.05, 4.69) is 27.7 Å². The number of hydrogen-bond acceptors (Lipinski definition) is 3. The minimum absolute atomic E-state index is 0.291. The van der Waals surface area contributed by atoms with Gasteiger partial charge in [0.2, 0.25) is 0 Å². The molecule has 1 aromatic carbocycles. The summed E-state index contributed by atoms with van der Waals surface area (Å²) in [7, 11) is -3.72. The molecule has 0 atom stereocenters. The second kappa shape index (κ2) is 9.31. The van der Waals surface area contributed by atoms with Crippen molar-refractivity contribution in [2.45, 2.75) is 64.7 Å². The first-order chi connectivity index (χ1) is 11.4. The van der Waals surface area contributed by atoms with Crippen molar-refractivity contribution in [1.82, 2.24) is 0 Å². The minimum atomic E-state index is -3.72. The summed E-state index contributed by atoms with van der Waals surface area (Å²) < 4.78 is 32.4. The molecule has 1 rings (SSSR count). The van der Waals surface area contributed by atoms with Crippen LogP contribution in [-0.2, 0) is 14.1 Å². The SMILES string of the molecule is CCCCP(CCC)(CCC)(CCC)OS(=O)(=O)c1ccccc1. The van der Waals surface area contributed by atoms with Crippen LogP contribution in [0.1, 0.15) is 59.8 Å². The summed E-state index contributed by atoms with van der Waals surface area (Å²) in [5, 5.41) is 0. The summed E-state index contributed by atoms with van der Waals surface area (Å²) >= 11 is 0. The van der Waals surface area contributed by atoms with Crippen molar-refractivity contribution >= 4 is 16.9 Å². The van der Waals surface area contributed by atoms with Crippen LogP contribution >= 0.6 is 6.83 Å². The summed E-state index contributed by atoms with van der Waals surface area (Å²) in [4.78, 5) is 0.291. The normalized spacial score (nSPS) is 14.2. The molecule has 0 saturated carbocycles. The maximum atomic E-state index is 13.1. The Labute approximate surface area is 149 Å². The molecule has 0 unspecified atom stereocenters. The predicted molar refractivity (Wildman–Crippen MR) is 107 cm³/mol. The standard InChI is InChI=1S/C19H35O3PS/c1-5-9-18-23(15-6-2,16-7-3,17-8-4)22-24(20,21)19-13-11-10-12-14-19/h10-14H,5-9,15-18H2,1-4H3. The molecule has 0 fully saturated rings. The molecule has 0 aliphatic rings. The average Bonchev–Trinajstić information content (AvgIpc) is 2.54. The van der Waals surface area contributed by atoms with E-state index in [1.807, 2.05) is 6.07 Å². The van der Waals surface area contributed by atoms with Crippen molar-refractivity contribution in [1.29, 1.82) is 0 Å². The van der Waals surface area contributed by atoms with Crippen LogP contribution in [0, 0.1) is 0 Å². The molecule has 0 amide bonds. The third-order valence-corrected chi connectivity index (χ3v) is 14.3. The molecule has 3 nitrogen and oxygen atoms in total. The molecule has 0 N–H and O–H groups in total. The van der Waals surface area contributed by atoms with Gasteiger partial charge >= 0.3 is 149 Å². The van der Waals surface area contributed by atoms with Crippen molar-refractivity contribution in [3.05, 3.63) is 30.3 Å². The van der Waals surface area contributed by atoms with Crippen LogP contribution in [0.4, 0.5) is 0 Å². The zero-order valence-electron chi connectivity index (χ0n) is 15.8. The van der Waals surface area contributed by atoms with Crippen LogP contribution in [0.5, 0.6) is 0 Å². The fourth-order valence-corrected chi connectivity index (χ4v) is 14.1. The van der Waals surface area contributed by atoms with Crippen LogP contribution in [-0.4, -0.2) is 33.1 Å². The molecular formula is C19H35O3PS. The molecule has 0 radical (unpaired) electrons. The Morgan fingerprint density at radius 1 is 0.792 bits per heavy atom. The van der Waals surface area contributed by atoms with Crippen LogP contribution < -0.4 is 0 Å². The van der Waals surface area contributed by atoms with Crippen molar-refractivity contribution in [3.63, 3.8) is 0 Å². The Bertz CT molecular complexity index is 564. The first kappa shape index (κ1) is 21.6. The van der Waals surface area contributed by atoms with Crippen LogP contribution in [0.3, 0.4) is 0 Å². The van der Waals surface area contributed by atoms with E-state index in [0.717, 1.165) is 56.8 Å². The Hall–Kier alpha value is -0.440. The van der Waals surface area contributed by atoms with Crippen LogP contribution in [0.15, 0.2) is 35.2 Å². The van der Waals surface area contributed by atoms with Crippen molar-refractivity contribution in [2.75, 3.05) is 24.6 Å². The van der Waals surface area contributed by atoms with Crippen LogP contribution in [0.25, 0.3) is 0 Å². The van der Waals surface area contributed by atoms with Gasteiger partial charge in [-0.25, -0.2) is 0 Å². The van der Waals surface area contributed by atoms with E-state index in [1.54, 1.807) is 24.3 Å². The van der Waals surface area contributed by atoms with Gasteiger partial charge in [0, 0.05) is 0 Å². The molecule has 0 bridgehead atoms. The van der Waals surface area contributed by atoms with E-state index in [9.17, 15) is 8.42 Å². The third-order valence-electron chi connectivity index (χ3n) is 4.79. The van der Waals surface area contributed by atoms with Gasteiger partial charge in [0.1, 0.15) is 0 Å². The van der Waals surface area contributed by atoms with E-state index in [4.69, 9.17) is 3.97 Å². The predicted octanol–water partition coefficient (Wildman–Crippen LogP) is 5.89. The monoisotopic (exact) mass is 374 g/mol. The number of benzene rings is 1. The molecule has 0 saturated heterocycles. The van der Waals surface area contributed by atoms with Gasteiger partial charge < -0.3 is 0 Å². The third kappa shape index (κ3) is 5.28. The van der Waals surface area contributed by atoms with Crippen molar-refractivity contribution in [2.24, 2.45) is 0 Å². The first-order valence-corrected chi connectivity index (χ1v) is 13.7. The van der Waals surface area contributed by atoms with E-state index < -0.39 is 16.9 Å². The number of rotatable bonds is 12. The van der Waals surface area contributed by atoms with Gasteiger partial charge in [-0.1, -0.05) is 0 Å². The van der Waals surface area contributed by atoms with Crippen molar-refractivity contribution < 1.29 is 12.4 Å². The summed E-state index contributed by atoms with van der Waals surface area (Å²) in [5.41, 5.74) is 0. The van der Waals surface area contributed by atoms with E-state index >= 15 is 0 Å². The molecule has 24 heavy (non-hydrogen) atoms. The molecule has 0 aliphatic heterocycles. The van der Waals surface area contributed by atoms with Gasteiger partial charge in [0.25, 0.3) is 0 Å². The molecule has 140 valence electrons. The van der Waals surface area contributed by atoms with Gasteiger partial charge in [-0.15, -0.1) is 0 Å². The van der Waals surface area contributed by atoms with Gasteiger partial charge in [-0.3, -0.25) is 0 Å². The number of unbranched alkanes of at least 4 members (excludes halogenated alkanes) is 1. The maximum absolute atomic E-state index is 13.1. The Morgan fingerprint density at radius 3 is 1.71 bits per heavy atom. The van der Waals surface area contributed by atoms with Gasteiger partial charge in [-0.05, 0) is 0 Å². The van der Waals surface area contributed by atoms with E-state index in [1.165, 1.54) is 0 Å². The van der Waals surface area contributed by atoms with Gasteiger partial charge in [-0.2, -0.15) is 0 Å². The summed E-state index contributed by atoms with van der Waals surface area (Å²) in [6.45, 7) is 5.85. The molecule has 0 aromatic heterocycles. The molecule has 0 spiro atoms. The van der Waals surface area contributed by atoms with Gasteiger partial charge in [0.15, 0.2) is 0 Å². The topological polar surface area (TPSA) is 43.4 Å². The second-order valence-corrected chi connectivity index (χ2v) is 14.4. The fraction of sp³-hybridized carbons (Fsp3) is 0.684. The Morgan fingerprint density at radius 2 is 1.29 bits per heavy atom. The van der Waals surface area contributed by atoms with Gasteiger partial charge in [0.05, 0.1) is 0 Å². The molecule has 0 aliphatic carbocycles. The number of hydrogen-bond donors (Lipinski definition) is 0. The first-order valence-electron chi connectivity index (χ1n) is 9.39. The van der Waals surface area contributed by atoms with E-state index in [0.29, 0.717) is 4.90 Å². The molecule has 1 aromatic rings. The Balaban J connectivity index is 3.38. The van der Waals surface area contributed by atoms with E-state index in [-0.39, 0.29) is 0 Å². The zero-order valence-corrected chi connectivity index (χ0v) is 17.5. The quantitative estimate of drug-likeness (QED) is 0.428. The molecular weight excluding hydrogens is 339 g/mol. The Kier molecular flexibility index (Phi) is 8.38. The summed E-state index contributed by atoms with van der Waals surface area (Å²) in [5.74, 6) is 0.